The van der Waals surface area contributed by atoms with Crippen LogP contribution in [0.25, 0.3) is 5.52 Å². The van der Waals surface area contributed by atoms with Crippen LogP contribution in [0.5, 0.6) is 0 Å². The number of rotatable bonds is 3. The molecule has 0 radical (unpaired) electrons. The van der Waals surface area contributed by atoms with Crippen LogP contribution in [0.15, 0.2) is 18.5 Å². The molecule has 2 saturated heterocycles. The van der Waals surface area contributed by atoms with Crippen molar-refractivity contribution in [3.8, 4) is 0 Å². The van der Waals surface area contributed by atoms with Gasteiger partial charge >= 0.3 is 0 Å². The summed E-state index contributed by atoms with van der Waals surface area (Å²) in [5.41, 5.74) is 4.53. The third-order valence-electron chi connectivity index (χ3n) is 4.71. The molecule has 0 spiro atoms. The maximum atomic E-state index is 13.8. The first-order valence-corrected chi connectivity index (χ1v) is 7.65. The Labute approximate surface area is 137 Å². The van der Waals surface area contributed by atoms with E-state index in [0.29, 0.717) is 17.0 Å². The molecule has 2 aromatic rings. The Balaban J connectivity index is 1.92. The van der Waals surface area contributed by atoms with Crippen molar-refractivity contribution in [1.29, 1.82) is 0 Å². The summed E-state index contributed by atoms with van der Waals surface area (Å²) >= 11 is 0. The van der Waals surface area contributed by atoms with Gasteiger partial charge in [0.25, 0.3) is 0 Å². The smallest absolute Gasteiger partial charge is 0.166 e. The quantitative estimate of drug-likeness (QED) is 0.834. The third kappa shape index (κ3) is 1.86. The molecule has 3 N–H and O–H groups in total. The molecule has 2 fully saturated rings. The highest BCUT2D eigenvalue weighted by molar-refractivity contribution is 5.65. The number of hydrogen-bond donors (Lipinski definition) is 2. The SMILES string of the molecule is CC1(C)O[C@H]2C(c3ccc4c(N)ncnn34)(CO[C@@]2(CO)CF)O1. The number of alkyl halides is 1. The van der Waals surface area contributed by atoms with Gasteiger partial charge < -0.3 is 25.1 Å². The topological polar surface area (TPSA) is 104 Å². The normalized spacial score (nSPS) is 34.8. The summed E-state index contributed by atoms with van der Waals surface area (Å²) in [5, 5.41) is 14.0. The van der Waals surface area contributed by atoms with Crippen LogP contribution < -0.4 is 5.73 Å². The van der Waals surface area contributed by atoms with E-state index in [2.05, 4.69) is 10.1 Å². The summed E-state index contributed by atoms with van der Waals surface area (Å²) in [6.45, 7) is 2.10. The van der Waals surface area contributed by atoms with Crippen molar-refractivity contribution < 1.29 is 23.7 Å². The molecule has 2 aromatic heterocycles. The van der Waals surface area contributed by atoms with Gasteiger partial charge in [0.2, 0.25) is 0 Å². The van der Waals surface area contributed by atoms with Crippen molar-refractivity contribution in [2.75, 3.05) is 25.6 Å². The molecule has 2 aliphatic rings. The number of hydrogen-bond acceptors (Lipinski definition) is 7. The lowest BCUT2D eigenvalue weighted by molar-refractivity contribution is -0.214. The van der Waals surface area contributed by atoms with Gasteiger partial charge in [-0.05, 0) is 26.0 Å². The number of fused-ring (bicyclic) bond motifs is 2. The first-order chi connectivity index (χ1) is 11.4. The van der Waals surface area contributed by atoms with Crippen LogP contribution in [0.3, 0.4) is 0 Å². The Kier molecular flexibility index (Phi) is 3.17. The van der Waals surface area contributed by atoms with Gasteiger partial charge in [-0.2, -0.15) is 5.10 Å². The van der Waals surface area contributed by atoms with Crippen molar-refractivity contribution in [1.82, 2.24) is 14.6 Å². The fraction of sp³-hybridized carbons (Fsp3) is 0.600. The van der Waals surface area contributed by atoms with Crippen molar-refractivity contribution >= 4 is 11.3 Å². The largest absolute Gasteiger partial charge is 0.393 e. The summed E-state index contributed by atoms with van der Waals surface area (Å²) < 4.78 is 33.1. The van der Waals surface area contributed by atoms with Gasteiger partial charge in [0.1, 0.15) is 30.2 Å². The van der Waals surface area contributed by atoms with Crippen molar-refractivity contribution in [3.05, 3.63) is 24.2 Å². The molecule has 4 heterocycles. The number of aliphatic hydroxyl groups excluding tert-OH is 1. The van der Waals surface area contributed by atoms with Gasteiger partial charge in [0.05, 0.1) is 18.9 Å². The molecular weight excluding hydrogens is 319 g/mol. The van der Waals surface area contributed by atoms with Gasteiger partial charge in [0, 0.05) is 0 Å². The standard InChI is InChI=1S/C15H19FN4O4/c1-13(2)23-12-14(5-16,6-21)22-7-15(12,24-13)10-4-3-9-11(17)18-8-19-20(9)10/h3-4,8,12,21H,5-7H2,1-2H3,(H2,17,18,19)/t12-,14-,15?/m1/s1. The number of aliphatic hydroxyl groups is 1. The highest BCUT2D eigenvalue weighted by Gasteiger charge is 2.69. The Morgan fingerprint density at radius 2 is 2.25 bits per heavy atom. The van der Waals surface area contributed by atoms with Crippen molar-refractivity contribution in [3.63, 3.8) is 0 Å². The van der Waals surface area contributed by atoms with E-state index in [4.69, 9.17) is 19.9 Å². The van der Waals surface area contributed by atoms with Crippen LogP contribution in [0, 0.1) is 0 Å². The first-order valence-electron chi connectivity index (χ1n) is 7.65. The molecule has 0 aromatic carbocycles. The van der Waals surface area contributed by atoms with Crippen LogP contribution in [0.4, 0.5) is 10.2 Å². The van der Waals surface area contributed by atoms with Crippen LogP contribution in [-0.2, 0) is 19.8 Å². The molecule has 0 amide bonds. The number of nitrogen functional groups attached to an aromatic ring is 1. The molecule has 0 saturated carbocycles. The van der Waals surface area contributed by atoms with Crippen LogP contribution in [0.2, 0.25) is 0 Å². The maximum absolute atomic E-state index is 13.8. The van der Waals surface area contributed by atoms with E-state index < -0.39 is 36.4 Å². The third-order valence-corrected chi connectivity index (χ3v) is 4.71. The molecule has 0 bridgehead atoms. The van der Waals surface area contributed by atoms with Gasteiger partial charge in [-0.3, -0.25) is 0 Å². The maximum Gasteiger partial charge on any atom is 0.166 e. The van der Waals surface area contributed by atoms with E-state index in [1.807, 2.05) is 0 Å². The first kappa shape index (κ1) is 15.7. The number of nitrogens with two attached hydrogens (primary N) is 1. The molecule has 130 valence electrons. The molecule has 2 aliphatic heterocycles. The summed E-state index contributed by atoms with van der Waals surface area (Å²) in [6, 6.07) is 3.55. The average Bonchev–Trinajstić information content (AvgIpc) is 3.17. The predicted molar refractivity (Wildman–Crippen MR) is 80.9 cm³/mol. The Morgan fingerprint density at radius 1 is 1.46 bits per heavy atom. The lowest BCUT2D eigenvalue weighted by atomic mass is 9.86. The highest BCUT2D eigenvalue weighted by atomic mass is 19.1. The number of nitrogens with zero attached hydrogens (tertiary/aromatic N) is 3. The van der Waals surface area contributed by atoms with Crippen LogP contribution in [0.1, 0.15) is 19.5 Å². The zero-order valence-electron chi connectivity index (χ0n) is 13.4. The zero-order chi connectivity index (χ0) is 17.2. The summed E-state index contributed by atoms with van der Waals surface area (Å²) in [7, 11) is 0. The zero-order valence-corrected chi connectivity index (χ0v) is 13.4. The fourth-order valence-corrected chi connectivity index (χ4v) is 3.67. The second-order valence-electron chi connectivity index (χ2n) is 6.70. The molecular formula is C15H19FN4O4. The van der Waals surface area contributed by atoms with Crippen LogP contribution in [-0.4, -0.2) is 57.1 Å². The van der Waals surface area contributed by atoms with E-state index >= 15 is 0 Å². The molecule has 1 unspecified atom stereocenters. The van der Waals surface area contributed by atoms with Crippen LogP contribution >= 0.6 is 0 Å². The van der Waals surface area contributed by atoms with Gasteiger partial charge in [-0.25, -0.2) is 13.9 Å². The molecule has 0 aliphatic carbocycles. The van der Waals surface area contributed by atoms with E-state index in [1.54, 1.807) is 30.5 Å². The highest BCUT2D eigenvalue weighted by Crippen LogP contribution is 2.53. The van der Waals surface area contributed by atoms with Gasteiger partial charge in [-0.1, -0.05) is 0 Å². The number of anilines is 1. The second-order valence-corrected chi connectivity index (χ2v) is 6.70. The summed E-state index contributed by atoms with van der Waals surface area (Å²) in [6.07, 6.45) is 0.507. The van der Waals surface area contributed by atoms with Crippen molar-refractivity contribution in [2.24, 2.45) is 0 Å². The monoisotopic (exact) mass is 338 g/mol. The lowest BCUT2D eigenvalue weighted by Crippen LogP contribution is -2.51. The lowest BCUT2D eigenvalue weighted by Gasteiger charge is -2.30. The Bertz CT molecular complexity index is 791. The minimum atomic E-state index is -1.48. The molecule has 4 rings (SSSR count). The van der Waals surface area contributed by atoms with E-state index in [-0.39, 0.29) is 6.61 Å². The minimum absolute atomic E-state index is 0.0294. The fourth-order valence-electron chi connectivity index (χ4n) is 3.67. The Morgan fingerprint density at radius 3 is 2.96 bits per heavy atom. The number of ether oxygens (including phenoxy) is 3. The molecule has 24 heavy (non-hydrogen) atoms. The van der Waals surface area contributed by atoms with E-state index in [9.17, 15) is 9.50 Å². The minimum Gasteiger partial charge on any atom is -0.393 e. The summed E-state index contributed by atoms with van der Waals surface area (Å²) in [5.74, 6) is -0.646. The predicted octanol–water partition coefficient (Wildman–Crippen LogP) is 0.389. The Hall–Kier alpha value is -1.81. The van der Waals surface area contributed by atoms with Crippen molar-refractivity contribution in [2.45, 2.75) is 36.9 Å². The van der Waals surface area contributed by atoms with Gasteiger partial charge in [-0.15, -0.1) is 0 Å². The average molecular weight is 338 g/mol. The molecule has 3 atom stereocenters. The number of aromatic nitrogens is 3. The molecule has 9 heteroatoms. The van der Waals surface area contributed by atoms with E-state index in [1.165, 1.54) is 6.33 Å². The summed E-state index contributed by atoms with van der Waals surface area (Å²) in [4.78, 5) is 3.96. The second kappa shape index (κ2) is 4.85. The van der Waals surface area contributed by atoms with Gasteiger partial charge in [0.15, 0.2) is 17.2 Å². The van der Waals surface area contributed by atoms with E-state index in [0.717, 1.165) is 0 Å². The molecule has 8 nitrogen and oxygen atoms in total. The number of halogens is 1.